The van der Waals surface area contributed by atoms with E-state index in [2.05, 4.69) is 0 Å². The minimum Gasteiger partial charge on any atom is -0.368 e. The molecule has 7 heavy (non-hydrogen) atoms. The largest absolute Gasteiger partial charge is 0.368 e. The van der Waals surface area contributed by atoms with Crippen LogP contribution in [-0.2, 0) is 4.74 Å². The van der Waals surface area contributed by atoms with Crippen molar-refractivity contribution in [1.29, 1.82) is 0 Å². The summed E-state index contributed by atoms with van der Waals surface area (Å²) in [6.45, 7) is 0.501. The van der Waals surface area contributed by atoms with Gasteiger partial charge in [0.1, 0.15) is 0 Å². The highest BCUT2D eigenvalue weighted by atomic mass is 16.6. The maximum atomic E-state index is 8.60. The van der Waals surface area contributed by atoms with Crippen LogP contribution in [-0.4, -0.2) is 24.0 Å². The first kappa shape index (κ1) is 5.03. The number of aliphatic hydroxyl groups is 1. The van der Waals surface area contributed by atoms with Crippen molar-refractivity contribution < 1.29 is 9.84 Å². The second-order valence-corrected chi connectivity index (χ2v) is 1.78. The summed E-state index contributed by atoms with van der Waals surface area (Å²) in [7, 11) is 0. The van der Waals surface area contributed by atoms with Gasteiger partial charge in [0.15, 0.2) is 6.29 Å². The third kappa shape index (κ3) is 1.12. The molecule has 3 heteroatoms. The van der Waals surface area contributed by atoms with Crippen LogP contribution in [0.4, 0.5) is 0 Å². The van der Waals surface area contributed by atoms with Crippen molar-refractivity contribution >= 4 is 0 Å². The predicted molar refractivity (Wildman–Crippen MR) is 24.6 cm³/mol. The molecule has 0 radical (unpaired) electrons. The molecule has 0 aromatic carbocycles. The minimum absolute atomic E-state index is 0.0509. The van der Waals surface area contributed by atoms with E-state index in [1.807, 2.05) is 0 Å². The third-order valence-corrected chi connectivity index (χ3v) is 1.01. The molecular formula is C4H9NO2. The van der Waals surface area contributed by atoms with Gasteiger partial charge in [0.2, 0.25) is 0 Å². The van der Waals surface area contributed by atoms with E-state index in [1.54, 1.807) is 0 Å². The van der Waals surface area contributed by atoms with Gasteiger partial charge in [-0.3, -0.25) is 0 Å². The topological polar surface area (TPSA) is 55.5 Å². The molecule has 0 aromatic heterocycles. The quantitative estimate of drug-likeness (QED) is 0.415. The van der Waals surface area contributed by atoms with Crippen molar-refractivity contribution in [3.8, 4) is 0 Å². The molecule has 1 aliphatic rings. The molecule has 1 rings (SSSR count). The summed E-state index contributed by atoms with van der Waals surface area (Å²) < 4.78 is 4.70. The van der Waals surface area contributed by atoms with E-state index in [9.17, 15) is 0 Å². The Balaban J connectivity index is 2.26. The third-order valence-electron chi connectivity index (χ3n) is 1.01. The van der Waals surface area contributed by atoms with E-state index < -0.39 is 6.29 Å². The molecule has 0 spiro atoms. The number of nitrogens with two attached hydrogens (primary N) is 1. The molecule has 0 aromatic rings. The molecule has 42 valence electrons. The first-order valence-electron chi connectivity index (χ1n) is 2.34. The van der Waals surface area contributed by atoms with Gasteiger partial charge < -0.3 is 15.6 Å². The molecule has 0 aliphatic carbocycles. The number of ether oxygens (including phenoxy) is 1. The standard InChI is InChI=1S/C4H9NO2/c5-3-1-4(6)7-2-3/h3-4,6H,1-2,5H2. The Kier molecular flexibility index (Phi) is 1.27. The van der Waals surface area contributed by atoms with E-state index in [0.29, 0.717) is 13.0 Å². The first-order chi connectivity index (χ1) is 3.29. The van der Waals surface area contributed by atoms with Crippen LogP contribution in [0.2, 0.25) is 0 Å². The summed E-state index contributed by atoms with van der Waals surface area (Å²) >= 11 is 0. The molecule has 1 saturated heterocycles. The summed E-state index contributed by atoms with van der Waals surface area (Å²) in [4.78, 5) is 0. The molecule has 1 fully saturated rings. The van der Waals surface area contributed by atoms with Gasteiger partial charge in [-0.25, -0.2) is 0 Å². The lowest BCUT2D eigenvalue weighted by molar-refractivity contribution is -0.0589. The van der Waals surface area contributed by atoms with Crippen LogP contribution >= 0.6 is 0 Å². The fraction of sp³-hybridized carbons (Fsp3) is 1.00. The number of hydrogen-bond donors (Lipinski definition) is 2. The fourth-order valence-electron chi connectivity index (χ4n) is 0.630. The van der Waals surface area contributed by atoms with Crippen LogP contribution in [0.1, 0.15) is 6.42 Å². The predicted octanol–water partition coefficient (Wildman–Crippen LogP) is -0.948. The van der Waals surface area contributed by atoms with Crippen molar-refractivity contribution in [1.82, 2.24) is 0 Å². The summed E-state index contributed by atoms with van der Waals surface area (Å²) in [5, 5.41) is 8.60. The fourth-order valence-corrected chi connectivity index (χ4v) is 0.630. The second kappa shape index (κ2) is 1.78. The summed E-state index contributed by atoms with van der Waals surface area (Å²) in [5.74, 6) is 0. The van der Waals surface area contributed by atoms with Crippen LogP contribution in [0.15, 0.2) is 0 Å². The molecular weight excluding hydrogens is 94.0 g/mol. The highest BCUT2D eigenvalue weighted by Crippen LogP contribution is 2.06. The van der Waals surface area contributed by atoms with Gasteiger partial charge in [0.05, 0.1) is 6.61 Å². The van der Waals surface area contributed by atoms with Crippen LogP contribution in [0.5, 0.6) is 0 Å². The molecule has 1 aliphatic heterocycles. The van der Waals surface area contributed by atoms with Crippen molar-refractivity contribution in [3.63, 3.8) is 0 Å². The van der Waals surface area contributed by atoms with E-state index in [1.165, 1.54) is 0 Å². The van der Waals surface area contributed by atoms with Gasteiger partial charge in [-0.1, -0.05) is 0 Å². The molecule has 2 unspecified atom stereocenters. The van der Waals surface area contributed by atoms with Gasteiger partial charge in [-0.2, -0.15) is 0 Å². The van der Waals surface area contributed by atoms with Crippen LogP contribution in [0.3, 0.4) is 0 Å². The van der Waals surface area contributed by atoms with Crippen molar-refractivity contribution in [3.05, 3.63) is 0 Å². The molecule has 3 N–H and O–H groups in total. The zero-order valence-corrected chi connectivity index (χ0v) is 4.00. The first-order valence-corrected chi connectivity index (χ1v) is 2.34. The molecule has 2 atom stereocenters. The molecule has 0 saturated carbocycles. The van der Waals surface area contributed by atoms with Gasteiger partial charge >= 0.3 is 0 Å². The average molecular weight is 103 g/mol. The Bertz CT molecular complexity index is 58.7. The lowest BCUT2D eigenvalue weighted by Gasteiger charge is -1.94. The molecule has 3 nitrogen and oxygen atoms in total. The number of hydrogen-bond acceptors (Lipinski definition) is 3. The lowest BCUT2D eigenvalue weighted by Crippen LogP contribution is -2.19. The van der Waals surface area contributed by atoms with E-state index in [4.69, 9.17) is 15.6 Å². The SMILES string of the molecule is NC1COC(O)C1. The normalized spacial score (nSPS) is 42.0. The van der Waals surface area contributed by atoms with Gasteiger partial charge in [0, 0.05) is 12.5 Å². The summed E-state index contributed by atoms with van der Waals surface area (Å²) in [6, 6.07) is 0.0509. The average Bonchev–Trinajstić information content (AvgIpc) is 1.87. The molecule has 0 amide bonds. The van der Waals surface area contributed by atoms with Crippen molar-refractivity contribution in [2.75, 3.05) is 6.61 Å². The zero-order chi connectivity index (χ0) is 5.28. The minimum atomic E-state index is -0.602. The maximum Gasteiger partial charge on any atom is 0.156 e. The number of aliphatic hydroxyl groups excluding tert-OH is 1. The van der Waals surface area contributed by atoms with Crippen LogP contribution in [0.25, 0.3) is 0 Å². The van der Waals surface area contributed by atoms with Crippen LogP contribution in [0, 0.1) is 0 Å². The monoisotopic (exact) mass is 103 g/mol. The smallest absolute Gasteiger partial charge is 0.156 e. The van der Waals surface area contributed by atoms with Crippen molar-refractivity contribution in [2.24, 2.45) is 5.73 Å². The van der Waals surface area contributed by atoms with Crippen molar-refractivity contribution in [2.45, 2.75) is 18.8 Å². The Morgan fingerprint density at radius 1 is 1.71 bits per heavy atom. The number of rotatable bonds is 0. The van der Waals surface area contributed by atoms with Gasteiger partial charge in [-0.05, 0) is 0 Å². The van der Waals surface area contributed by atoms with E-state index in [0.717, 1.165) is 0 Å². The summed E-state index contributed by atoms with van der Waals surface area (Å²) in [6.07, 6.45) is -0.0185. The molecule has 0 bridgehead atoms. The highest BCUT2D eigenvalue weighted by molar-refractivity contribution is 4.67. The highest BCUT2D eigenvalue weighted by Gasteiger charge is 2.18. The van der Waals surface area contributed by atoms with E-state index >= 15 is 0 Å². The maximum absolute atomic E-state index is 8.60. The Morgan fingerprint density at radius 2 is 2.43 bits per heavy atom. The summed E-state index contributed by atoms with van der Waals surface area (Å²) in [5.41, 5.74) is 5.34. The van der Waals surface area contributed by atoms with Gasteiger partial charge in [0.25, 0.3) is 0 Å². The Hall–Kier alpha value is -0.120. The van der Waals surface area contributed by atoms with Gasteiger partial charge in [-0.15, -0.1) is 0 Å². The Morgan fingerprint density at radius 3 is 2.57 bits per heavy atom. The second-order valence-electron chi connectivity index (χ2n) is 1.78. The van der Waals surface area contributed by atoms with Crippen LogP contribution < -0.4 is 5.73 Å². The zero-order valence-electron chi connectivity index (χ0n) is 4.00. The lowest BCUT2D eigenvalue weighted by atomic mass is 10.3. The van der Waals surface area contributed by atoms with E-state index in [-0.39, 0.29) is 6.04 Å². The molecule has 1 heterocycles. The Labute approximate surface area is 42.1 Å².